The molecule has 1 amide bonds. The molecule has 0 saturated heterocycles. The van der Waals surface area contributed by atoms with E-state index < -0.39 is 5.91 Å². The zero-order valence-electron chi connectivity index (χ0n) is 10.5. The summed E-state index contributed by atoms with van der Waals surface area (Å²) in [6, 6.07) is 6.79. The maximum atomic E-state index is 12.1. The Morgan fingerprint density at radius 1 is 1.35 bits per heavy atom. The minimum absolute atomic E-state index is 0.0775. The Hall–Kier alpha value is -2.24. The van der Waals surface area contributed by atoms with Crippen molar-refractivity contribution in [3.63, 3.8) is 0 Å². The molecule has 0 unspecified atom stereocenters. The van der Waals surface area contributed by atoms with E-state index >= 15 is 0 Å². The van der Waals surface area contributed by atoms with Gasteiger partial charge in [-0.1, -0.05) is 0 Å². The summed E-state index contributed by atoms with van der Waals surface area (Å²) in [7, 11) is 0. The number of hydrogen-bond acceptors (Lipinski definition) is 4. The van der Waals surface area contributed by atoms with Crippen molar-refractivity contribution >= 4 is 37.5 Å². The van der Waals surface area contributed by atoms with Crippen molar-refractivity contribution in [3.8, 4) is 0 Å². The van der Waals surface area contributed by atoms with Gasteiger partial charge in [0, 0.05) is 0 Å². The number of pyridine rings is 1. The number of rotatable bonds is 2. The van der Waals surface area contributed by atoms with Crippen LogP contribution < -0.4 is 10.7 Å². The molecule has 1 aliphatic rings. The second-order valence-corrected chi connectivity index (χ2v) is 5.39. The van der Waals surface area contributed by atoms with Gasteiger partial charge in [-0.05, 0) is 0 Å². The number of aryl methyl sites for hydroxylation is 1. The van der Waals surface area contributed by atoms with Gasteiger partial charge in [0.2, 0.25) is 0 Å². The zero-order chi connectivity index (χ0) is 14.1. The molecule has 1 aliphatic heterocycles. The maximum absolute atomic E-state index is 12.1. The van der Waals surface area contributed by atoms with Crippen LogP contribution in [0.3, 0.4) is 0 Å². The second-order valence-electron chi connectivity index (χ2n) is 4.29. The Kier molecular flexibility index (Phi) is 3.21. The molecule has 0 radical (unpaired) electrons. The van der Waals surface area contributed by atoms with E-state index in [0.717, 1.165) is 5.69 Å². The van der Waals surface area contributed by atoms with Gasteiger partial charge in [-0.2, -0.15) is 0 Å². The minimum atomic E-state index is -0.450. The molecule has 1 aromatic heterocycles. The molecule has 3 rings (SSSR count). The zero-order valence-corrected chi connectivity index (χ0v) is 12.2. The number of benzene rings is 1. The Morgan fingerprint density at radius 3 is 3.00 bits per heavy atom. The molecule has 2 N–H and O–H groups in total. The Morgan fingerprint density at radius 2 is 2.20 bits per heavy atom. The fraction of sp³-hybridized carbons (Fsp3) is 0.0769. The number of carbonyl (C=O) groups is 1. The Bertz CT molecular complexity index is 835. The Balaban J connectivity index is 1.93. The van der Waals surface area contributed by atoms with Gasteiger partial charge in [-0.3, -0.25) is 0 Å². The molecule has 0 atom stereocenters. The first kappa shape index (κ1) is 12.8. The van der Waals surface area contributed by atoms with Crippen molar-refractivity contribution in [3.05, 3.63) is 51.9 Å². The van der Waals surface area contributed by atoms with Crippen molar-refractivity contribution in [2.45, 2.75) is 6.92 Å². The molecule has 0 fully saturated rings. The fourth-order valence-corrected chi connectivity index (χ4v) is 3.00. The summed E-state index contributed by atoms with van der Waals surface area (Å²) in [5.41, 5.74) is 2.52. The molecule has 6 nitrogen and oxygen atoms in total. The van der Waals surface area contributed by atoms with Gasteiger partial charge in [0.1, 0.15) is 0 Å². The van der Waals surface area contributed by atoms with Crippen molar-refractivity contribution in [1.29, 1.82) is 0 Å². The van der Waals surface area contributed by atoms with Gasteiger partial charge >= 0.3 is 119 Å². The molecule has 7 heteroatoms. The molecular weight excluding hydrogens is 323 g/mol. The number of nitrogens with one attached hydrogen (secondary N) is 2. The topological polar surface area (TPSA) is 86.7 Å². The van der Waals surface area contributed by atoms with Crippen LogP contribution in [0.1, 0.15) is 16.1 Å². The average Bonchev–Trinajstić information content (AvgIpc) is 2.87. The number of aromatic amines is 1. The van der Waals surface area contributed by atoms with Crippen LogP contribution >= 0.6 is 0 Å². The second kappa shape index (κ2) is 5.03. The molecule has 20 heavy (non-hydrogen) atoms. The van der Waals surface area contributed by atoms with Crippen LogP contribution in [0.2, 0.25) is 0 Å². The number of nitrogens with zero attached hydrogens (tertiary/aromatic N) is 2. The van der Waals surface area contributed by atoms with Crippen LogP contribution in [-0.2, 0) is 0 Å². The number of aromatic nitrogens is 1. The predicted octanol–water partition coefficient (Wildman–Crippen LogP) is 2.28. The molecule has 2 heterocycles. The molecule has 2 aromatic rings. The fourth-order valence-electron chi connectivity index (χ4n) is 1.85. The average molecular weight is 333 g/mol. The van der Waals surface area contributed by atoms with Crippen molar-refractivity contribution in [2.24, 2.45) is 7.92 Å². The van der Waals surface area contributed by atoms with E-state index in [0.29, 0.717) is 17.1 Å². The summed E-state index contributed by atoms with van der Waals surface area (Å²) >= 11 is -0.162. The molecule has 0 saturated carbocycles. The van der Waals surface area contributed by atoms with Gasteiger partial charge in [-0.15, -0.1) is 0 Å². The van der Waals surface area contributed by atoms with Gasteiger partial charge in [0.25, 0.3) is 0 Å². The summed E-state index contributed by atoms with van der Waals surface area (Å²) in [5.74, 6) is -0.450. The van der Waals surface area contributed by atoms with Gasteiger partial charge < -0.3 is 0 Å². The predicted molar refractivity (Wildman–Crippen MR) is 76.1 cm³/mol. The van der Waals surface area contributed by atoms with Gasteiger partial charge in [-0.25, -0.2) is 0 Å². The monoisotopic (exact) mass is 334 g/mol. The molecular formula is C13H10N4O2Se. The standard InChI is InChI=1S/C13H10N4O2Se/c1-7-5-11(18)8(6-14-7)13(19)15-9-3-2-4-10-12(9)17-20-16-10/h2-6H,1H3,(H,14,18)(H,15,19). The summed E-state index contributed by atoms with van der Waals surface area (Å²) in [6.07, 6.45) is 1.42. The van der Waals surface area contributed by atoms with E-state index in [1.807, 2.05) is 6.07 Å². The number of carbonyl (C=O) groups excluding carboxylic acids is 1. The van der Waals surface area contributed by atoms with E-state index in [2.05, 4.69) is 18.2 Å². The SMILES string of the molecule is Cc1cc(=O)c(C(=O)Nc2cccc3c2N=[Se]=N3)c[nH]1. The summed E-state index contributed by atoms with van der Waals surface area (Å²) in [6.45, 7) is 1.76. The van der Waals surface area contributed by atoms with E-state index in [1.54, 1.807) is 19.1 Å². The number of hydrogen-bond donors (Lipinski definition) is 2. The van der Waals surface area contributed by atoms with Crippen molar-refractivity contribution in [1.82, 2.24) is 4.98 Å². The molecule has 100 valence electrons. The Labute approximate surface area is 120 Å². The van der Waals surface area contributed by atoms with Crippen LogP contribution in [0, 0.1) is 6.92 Å². The number of H-pyrrole nitrogens is 1. The van der Waals surface area contributed by atoms with E-state index in [-0.39, 0.29) is 25.6 Å². The first-order chi connectivity index (χ1) is 9.65. The van der Waals surface area contributed by atoms with Crippen LogP contribution in [-0.4, -0.2) is 25.5 Å². The molecule has 0 aliphatic carbocycles. The third kappa shape index (κ3) is 2.29. The third-order valence-electron chi connectivity index (χ3n) is 2.84. The summed E-state index contributed by atoms with van der Waals surface area (Å²) < 4.78 is 8.52. The van der Waals surface area contributed by atoms with E-state index in [9.17, 15) is 9.59 Å². The van der Waals surface area contributed by atoms with Crippen molar-refractivity contribution < 1.29 is 4.79 Å². The summed E-state index contributed by atoms with van der Waals surface area (Å²) in [5, 5.41) is 2.72. The first-order valence-electron chi connectivity index (χ1n) is 5.87. The van der Waals surface area contributed by atoms with E-state index in [4.69, 9.17) is 0 Å². The number of amides is 1. The molecule has 0 spiro atoms. The number of anilines is 1. The summed E-state index contributed by atoms with van der Waals surface area (Å²) in [4.78, 5) is 26.8. The van der Waals surface area contributed by atoms with E-state index in [1.165, 1.54) is 12.3 Å². The van der Waals surface area contributed by atoms with Crippen LogP contribution in [0.4, 0.5) is 17.1 Å². The third-order valence-corrected chi connectivity index (χ3v) is 3.97. The van der Waals surface area contributed by atoms with Crippen LogP contribution in [0.5, 0.6) is 0 Å². The number of fused-ring (bicyclic) bond motifs is 1. The first-order valence-corrected chi connectivity index (χ1v) is 7.40. The van der Waals surface area contributed by atoms with Gasteiger partial charge in [0.15, 0.2) is 0 Å². The normalized spacial score (nSPS) is 11.8. The molecule has 1 aromatic carbocycles. The van der Waals surface area contributed by atoms with Crippen molar-refractivity contribution in [2.75, 3.05) is 5.32 Å². The van der Waals surface area contributed by atoms with Gasteiger partial charge in [0.05, 0.1) is 0 Å². The van der Waals surface area contributed by atoms with Crippen LogP contribution in [0.25, 0.3) is 0 Å². The van der Waals surface area contributed by atoms with Crippen LogP contribution in [0.15, 0.2) is 43.2 Å². The molecule has 0 bridgehead atoms. The quantitative estimate of drug-likeness (QED) is 0.705.